The van der Waals surface area contributed by atoms with Crippen LogP contribution in [0.25, 0.3) is 0 Å². The van der Waals surface area contributed by atoms with E-state index in [1.165, 1.54) is 19.3 Å². The first-order chi connectivity index (χ1) is 10.3. The number of nitrogens with two attached hydrogens (primary N) is 1. The minimum atomic E-state index is 0.245. The maximum Gasteiger partial charge on any atom is 0.223 e. The zero-order valence-electron chi connectivity index (χ0n) is 12.3. The average molecular weight is 282 g/mol. The van der Waals surface area contributed by atoms with Crippen LogP contribution in [0.2, 0.25) is 0 Å². The molecule has 3 heteroatoms. The maximum absolute atomic E-state index is 12.3. The third kappa shape index (κ3) is 3.28. The number of carbonyl (C=O) groups is 1. The Morgan fingerprint density at radius 1 is 1.24 bits per heavy atom. The van der Waals surface area contributed by atoms with Crippen molar-refractivity contribution in [2.45, 2.75) is 32.2 Å². The van der Waals surface area contributed by atoms with Crippen LogP contribution in [0.15, 0.2) is 24.3 Å². The molecule has 21 heavy (non-hydrogen) atoms. The SMILES string of the molecule is NCC#Cc1ccc(CNC(=O)C2CC3CCC2C3)cc1. The molecule has 0 radical (unpaired) electrons. The van der Waals surface area contributed by atoms with E-state index in [4.69, 9.17) is 5.73 Å². The molecule has 2 saturated carbocycles. The monoisotopic (exact) mass is 282 g/mol. The molecule has 0 spiro atoms. The molecule has 3 atom stereocenters. The highest BCUT2D eigenvalue weighted by Gasteiger charge is 2.42. The predicted octanol–water partition coefficient (Wildman–Crippen LogP) is 2.05. The lowest BCUT2D eigenvalue weighted by Crippen LogP contribution is -2.33. The van der Waals surface area contributed by atoms with Crippen molar-refractivity contribution >= 4 is 5.91 Å². The normalized spacial score (nSPS) is 26.2. The first-order valence-electron chi connectivity index (χ1n) is 7.82. The molecule has 1 aromatic carbocycles. The molecule has 2 aliphatic carbocycles. The average Bonchev–Trinajstić information content (AvgIpc) is 3.14. The van der Waals surface area contributed by atoms with Gasteiger partial charge in [0.15, 0.2) is 0 Å². The topological polar surface area (TPSA) is 55.1 Å². The molecule has 0 heterocycles. The fourth-order valence-corrected chi connectivity index (χ4v) is 3.75. The summed E-state index contributed by atoms with van der Waals surface area (Å²) < 4.78 is 0. The molecule has 0 aromatic heterocycles. The maximum atomic E-state index is 12.3. The standard InChI is InChI=1S/C18H22N2O/c19-9-1-2-13-3-5-14(6-4-13)12-20-18(21)17-11-15-7-8-16(17)10-15/h3-6,15-17H,7-12,19H2,(H,20,21). The van der Waals surface area contributed by atoms with Crippen LogP contribution in [0, 0.1) is 29.6 Å². The molecular weight excluding hydrogens is 260 g/mol. The van der Waals surface area contributed by atoms with Crippen LogP contribution in [0.3, 0.4) is 0 Å². The van der Waals surface area contributed by atoms with Crippen LogP contribution in [-0.2, 0) is 11.3 Å². The molecule has 3 rings (SSSR count). The summed E-state index contributed by atoms with van der Waals surface area (Å²) >= 11 is 0. The Hall–Kier alpha value is -1.79. The van der Waals surface area contributed by atoms with E-state index < -0.39 is 0 Å². The Morgan fingerprint density at radius 2 is 2.05 bits per heavy atom. The Kier molecular flexibility index (Phi) is 4.26. The third-order valence-corrected chi connectivity index (χ3v) is 4.83. The van der Waals surface area contributed by atoms with E-state index in [9.17, 15) is 4.79 Å². The van der Waals surface area contributed by atoms with Crippen molar-refractivity contribution in [3.8, 4) is 11.8 Å². The van der Waals surface area contributed by atoms with Crippen LogP contribution in [0.4, 0.5) is 0 Å². The predicted molar refractivity (Wildman–Crippen MR) is 83.2 cm³/mol. The van der Waals surface area contributed by atoms with Crippen molar-refractivity contribution in [1.82, 2.24) is 5.32 Å². The van der Waals surface area contributed by atoms with E-state index >= 15 is 0 Å². The molecule has 0 saturated heterocycles. The number of hydrogen-bond donors (Lipinski definition) is 2. The Morgan fingerprint density at radius 3 is 2.67 bits per heavy atom. The molecule has 3 unspecified atom stereocenters. The van der Waals surface area contributed by atoms with Gasteiger partial charge in [-0.3, -0.25) is 4.79 Å². The Balaban J connectivity index is 1.52. The van der Waals surface area contributed by atoms with E-state index in [1.807, 2.05) is 24.3 Å². The number of nitrogens with one attached hydrogen (secondary N) is 1. The molecule has 2 aliphatic rings. The van der Waals surface area contributed by atoms with E-state index in [0.29, 0.717) is 19.0 Å². The summed E-state index contributed by atoms with van der Waals surface area (Å²) in [6.45, 7) is 0.985. The number of carbonyl (C=O) groups excluding carboxylic acids is 1. The third-order valence-electron chi connectivity index (χ3n) is 4.83. The van der Waals surface area contributed by atoms with Crippen LogP contribution in [0.1, 0.15) is 36.8 Å². The molecule has 2 bridgehead atoms. The van der Waals surface area contributed by atoms with Crippen molar-refractivity contribution in [3.63, 3.8) is 0 Å². The van der Waals surface area contributed by atoms with Gasteiger partial charge >= 0.3 is 0 Å². The van der Waals surface area contributed by atoms with Gasteiger partial charge in [-0.1, -0.05) is 30.4 Å². The molecule has 0 aliphatic heterocycles. The molecule has 1 aromatic rings. The summed E-state index contributed by atoms with van der Waals surface area (Å²) in [5, 5.41) is 3.09. The minimum absolute atomic E-state index is 0.245. The van der Waals surface area contributed by atoms with Crippen molar-refractivity contribution in [1.29, 1.82) is 0 Å². The van der Waals surface area contributed by atoms with Gasteiger partial charge in [-0.2, -0.15) is 0 Å². The highest BCUT2D eigenvalue weighted by Crippen LogP contribution is 2.48. The first kappa shape index (κ1) is 14.2. The Labute approximate surface area is 126 Å². The summed E-state index contributed by atoms with van der Waals surface area (Å²) in [6.07, 6.45) is 4.95. The zero-order valence-corrected chi connectivity index (χ0v) is 12.3. The van der Waals surface area contributed by atoms with E-state index in [-0.39, 0.29) is 11.8 Å². The number of amides is 1. The van der Waals surface area contributed by atoms with Gasteiger partial charge in [0.05, 0.1) is 6.54 Å². The molecule has 3 nitrogen and oxygen atoms in total. The fourth-order valence-electron chi connectivity index (χ4n) is 3.75. The fraction of sp³-hybridized carbons (Fsp3) is 0.500. The van der Waals surface area contributed by atoms with E-state index in [1.54, 1.807) is 0 Å². The second-order valence-electron chi connectivity index (χ2n) is 6.20. The van der Waals surface area contributed by atoms with Gasteiger partial charge in [-0.15, -0.1) is 0 Å². The van der Waals surface area contributed by atoms with Crippen molar-refractivity contribution in [3.05, 3.63) is 35.4 Å². The molecule has 110 valence electrons. The van der Waals surface area contributed by atoms with Gasteiger partial charge in [0, 0.05) is 18.0 Å². The number of hydrogen-bond acceptors (Lipinski definition) is 2. The summed E-state index contributed by atoms with van der Waals surface area (Å²) in [5.74, 6) is 7.79. The van der Waals surface area contributed by atoms with Gasteiger partial charge in [-0.05, 0) is 48.8 Å². The molecule has 1 amide bonds. The lowest BCUT2D eigenvalue weighted by Gasteiger charge is -2.20. The Bertz CT molecular complexity index is 567. The minimum Gasteiger partial charge on any atom is -0.352 e. The van der Waals surface area contributed by atoms with Crippen molar-refractivity contribution in [2.75, 3.05) is 6.54 Å². The van der Waals surface area contributed by atoms with Crippen LogP contribution >= 0.6 is 0 Å². The van der Waals surface area contributed by atoms with Gasteiger partial charge in [0.25, 0.3) is 0 Å². The summed E-state index contributed by atoms with van der Waals surface area (Å²) in [4.78, 5) is 12.3. The summed E-state index contributed by atoms with van der Waals surface area (Å²) in [5.41, 5.74) is 7.43. The quantitative estimate of drug-likeness (QED) is 0.834. The van der Waals surface area contributed by atoms with Crippen molar-refractivity contribution in [2.24, 2.45) is 23.5 Å². The van der Waals surface area contributed by atoms with Crippen molar-refractivity contribution < 1.29 is 4.79 Å². The van der Waals surface area contributed by atoms with Crippen LogP contribution in [-0.4, -0.2) is 12.5 Å². The molecular formula is C18H22N2O. The first-order valence-corrected chi connectivity index (χ1v) is 7.82. The highest BCUT2D eigenvalue weighted by molar-refractivity contribution is 5.79. The second kappa shape index (κ2) is 6.32. The van der Waals surface area contributed by atoms with Gasteiger partial charge in [0.1, 0.15) is 0 Å². The van der Waals surface area contributed by atoms with Gasteiger partial charge in [-0.25, -0.2) is 0 Å². The highest BCUT2D eigenvalue weighted by atomic mass is 16.1. The summed E-state index contributed by atoms with van der Waals surface area (Å²) in [6, 6.07) is 7.98. The van der Waals surface area contributed by atoms with Crippen LogP contribution < -0.4 is 11.1 Å². The summed E-state index contributed by atoms with van der Waals surface area (Å²) in [7, 11) is 0. The number of benzene rings is 1. The largest absolute Gasteiger partial charge is 0.352 e. The van der Waals surface area contributed by atoms with E-state index in [2.05, 4.69) is 17.2 Å². The van der Waals surface area contributed by atoms with E-state index in [0.717, 1.165) is 23.5 Å². The smallest absolute Gasteiger partial charge is 0.223 e. The lowest BCUT2D eigenvalue weighted by molar-refractivity contribution is -0.126. The number of rotatable bonds is 3. The lowest BCUT2D eigenvalue weighted by atomic mass is 9.88. The van der Waals surface area contributed by atoms with Crippen LogP contribution in [0.5, 0.6) is 0 Å². The number of fused-ring (bicyclic) bond motifs is 2. The zero-order chi connectivity index (χ0) is 14.7. The molecule has 2 fully saturated rings. The second-order valence-corrected chi connectivity index (χ2v) is 6.20. The van der Waals surface area contributed by atoms with Gasteiger partial charge < -0.3 is 11.1 Å². The van der Waals surface area contributed by atoms with Gasteiger partial charge in [0.2, 0.25) is 5.91 Å². The molecule has 3 N–H and O–H groups in total.